The van der Waals surface area contributed by atoms with Crippen molar-refractivity contribution in [2.45, 2.75) is 19.4 Å². The molecule has 90 valence electrons. The number of rotatable bonds is 3. The summed E-state index contributed by atoms with van der Waals surface area (Å²) >= 11 is 0. The SMILES string of the molecule is COC(C)(C)C(=O)N(C)c1ccccc1C#N. The van der Waals surface area contributed by atoms with Gasteiger partial charge in [-0.15, -0.1) is 0 Å². The Balaban J connectivity index is 3.10. The number of nitrogens with zero attached hydrogens (tertiary/aromatic N) is 2. The number of hydrogen-bond donors (Lipinski definition) is 0. The maximum absolute atomic E-state index is 12.2. The highest BCUT2D eigenvalue weighted by Gasteiger charge is 2.31. The molecule has 17 heavy (non-hydrogen) atoms. The molecule has 0 aliphatic carbocycles. The second kappa shape index (κ2) is 4.98. The predicted molar refractivity (Wildman–Crippen MR) is 65.7 cm³/mol. The molecule has 0 fully saturated rings. The molecule has 1 rings (SSSR count). The topological polar surface area (TPSA) is 53.3 Å². The van der Waals surface area contributed by atoms with Gasteiger partial charge in [-0.2, -0.15) is 5.26 Å². The van der Waals surface area contributed by atoms with E-state index in [2.05, 4.69) is 6.07 Å². The quantitative estimate of drug-likeness (QED) is 0.800. The summed E-state index contributed by atoms with van der Waals surface area (Å²) in [6.07, 6.45) is 0. The van der Waals surface area contributed by atoms with Crippen molar-refractivity contribution in [3.63, 3.8) is 0 Å². The van der Waals surface area contributed by atoms with Crippen molar-refractivity contribution in [1.29, 1.82) is 5.26 Å². The summed E-state index contributed by atoms with van der Waals surface area (Å²) in [7, 11) is 3.13. The zero-order valence-electron chi connectivity index (χ0n) is 10.5. The van der Waals surface area contributed by atoms with Crippen LogP contribution in [0.1, 0.15) is 19.4 Å². The molecule has 0 aliphatic rings. The normalized spacial score (nSPS) is 10.8. The largest absolute Gasteiger partial charge is 0.369 e. The molecule has 0 radical (unpaired) electrons. The number of hydrogen-bond acceptors (Lipinski definition) is 3. The van der Waals surface area contributed by atoms with E-state index in [0.717, 1.165) is 0 Å². The molecule has 1 aromatic rings. The van der Waals surface area contributed by atoms with Crippen LogP contribution < -0.4 is 4.90 Å². The first kappa shape index (κ1) is 13.2. The van der Waals surface area contributed by atoms with Crippen LogP contribution in [0.4, 0.5) is 5.69 Å². The molecule has 4 nitrogen and oxygen atoms in total. The number of benzene rings is 1. The lowest BCUT2D eigenvalue weighted by atomic mass is 10.1. The van der Waals surface area contributed by atoms with Gasteiger partial charge in [0.25, 0.3) is 5.91 Å². The zero-order valence-corrected chi connectivity index (χ0v) is 10.5. The molecular formula is C13H16N2O2. The minimum atomic E-state index is -0.905. The van der Waals surface area contributed by atoms with Gasteiger partial charge in [-0.1, -0.05) is 12.1 Å². The number of methoxy groups -OCH3 is 1. The van der Waals surface area contributed by atoms with E-state index in [1.807, 2.05) is 0 Å². The van der Waals surface area contributed by atoms with E-state index in [9.17, 15) is 4.79 Å². The van der Waals surface area contributed by atoms with Gasteiger partial charge in [0.2, 0.25) is 0 Å². The van der Waals surface area contributed by atoms with E-state index in [-0.39, 0.29) is 5.91 Å². The monoisotopic (exact) mass is 232 g/mol. The van der Waals surface area contributed by atoms with Crippen LogP contribution in [0, 0.1) is 11.3 Å². The van der Waals surface area contributed by atoms with E-state index in [0.29, 0.717) is 11.3 Å². The molecule has 0 aliphatic heterocycles. The average molecular weight is 232 g/mol. The van der Waals surface area contributed by atoms with Gasteiger partial charge in [0.15, 0.2) is 0 Å². The second-order valence-electron chi connectivity index (χ2n) is 4.21. The number of para-hydroxylation sites is 1. The van der Waals surface area contributed by atoms with Crippen molar-refractivity contribution in [3.05, 3.63) is 29.8 Å². The van der Waals surface area contributed by atoms with Crippen LogP contribution >= 0.6 is 0 Å². The Morgan fingerprint density at radius 2 is 2.00 bits per heavy atom. The first-order valence-corrected chi connectivity index (χ1v) is 5.26. The summed E-state index contributed by atoms with van der Waals surface area (Å²) in [6, 6.07) is 9.04. The highest BCUT2D eigenvalue weighted by atomic mass is 16.5. The standard InChI is InChI=1S/C13H16N2O2/c1-13(2,17-4)12(16)15(3)11-8-6-5-7-10(11)9-14/h5-8H,1-4H3. The molecule has 0 N–H and O–H groups in total. The third kappa shape index (κ3) is 2.63. The van der Waals surface area contributed by atoms with Crippen LogP contribution in [0.5, 0.6) is 0 Å². The third-order valence-corrected chi connectivity index (χ3v) is 2.72. The van der Waals surface area contributed by atoms with Crippen LogP contribution in [0.2, 0.25) is 0 Å². The molecule has 0 unspecified atom stereocenters. The van der Waals surface area contributed by atoms with E-state index in [4.69, 9.17) is 10.00 Å². The second-order valence-corrected chi connectivity index (χ2v) is 4.21. The van der Waals surface area contributed by atoms with Crippen LogP contribution in [0.25, 0.3) is 0 Å². The zero-order chi connectivity index (χ0) is 13.1. The molecule has 0 bridgehead atoms. The maximum Gasteiger partial charge on any atom is 0.258 e. The minimum Gasteiger partial charge on any atom is -0.369 e. The van der Waals surface area contributed by atoms with E-state index in [1.54, 1.807) is 45.2 Å². The van der Waals surface area contributed by atoms with Crippen LogP contribution in [0.15, 0.2) is 24.3 Å². The smallest absolute Gasteiger partial charge is 0.258 e. The summed E-state index contributed by atoms with van der Waals surface area (Å²) in [5.74, 6) is -0.192. The molecule has 0 saturated carbocycles. The van der Waals surface area contributed by atoms with Gasteiger partial charge < -0.3 is 9.64 Å². The Hall–Kier alpha value is -1.86. The number of anilines is 1. The Kier molecular flexibility index (Phi) is 3.87. The van der Waals surface area contributed by atoms with Gasteiger partial charge in [-0.25, -0.2) is 0 Å². The first-order valence-electron chi connectivity index (χ1n) is 5.26. The summed E-state index contributed by atoms with van der Waals surface area (Å²) in [5.41, 5.74) is 0.150. The Bertz CT molecular complexity index is 461. The number of amides is 1. The Morgan fingerprint density at radius 1 is 1.41 bits per heavy atom. The molecule has 0 aromatic heterocycles. The lowest BCUT2D eigenvalue weighted by molar-refractivity contribution is -0.136. The van der Waals surface area contributed by atoms with E-state index < -0.39 is 5.60 Å². The number of carbonyl (C=O) groups is 1. The summed E-state index contributed by atoms with van der Waals surface area (Å²) in [4.78, 5) is 13.6. The number of carbonyl (C=O) groups excluding carboxylic acids is 1. The van der Waals surface area contributed by atoms with Crippen molar-refractivity contribution in [3.8, 4) is 6.07 Å². The number of nitriles is 1. The van der Waals surface area contributed by atoms with Crippen LogP contribution in [-0.2, 0) is 9.53 Å². The highest BCUT2D eigenvalue weighted by Crippen LogP contribution is 2.22. The van der Waals surface area contributed by atoms with Crippen molar-refractivity contribution in [2.75, 3.05) is 19.1 Å². The van der Waals surface area contributed by atoms with E-state index in [1.165, 1.54) is 12.0 Å². The maximum atomic E-state index is 12.2. The van der Waals surface area contributed by atoms with Gasteiger partial charge in [0, 0.05) is 14.2 Å². The summed E-state index contributed by atoms with van der Waals surface area (Å²) < 4.78 is 5.14. The number of likely N-dealkylation sites (N-methyl/N-ethyl adjacent to an activating group) is 1. The van der Waals surface area contributed by atoms with Crippen LogP contribution in [0.3, 0.4) is 0 Å². The van der Waals surface area contributed by atoms with Gasteiger partial charge in [0.05, 0.1) is 11.3 Å². The molecule has 0 saturated heterocycles. The van der Waals surface area contributed by atoms with E-state index >= 15 is 0 Å². The lowest BCUT2D eigenvalue weighted by Crippen LogP contribution is -2.45. The summed E-state index contributed by atoms with van der Waals surface area (Å²) in [5, 5.41) is 8.99. The highest BCUT2D eigenvalue weighted by molar-refractivity contribution is 5.99. The van der Waals surface area contributed by atoms with Gasteiger partial charge in [0.1, 0.15) is 11.7 Å². The molecule has 0 spiro atoms. The van der Waals surface area contributed by atoms with Crippen molar-refractivity contribution in [1.82, 2.24) is 0 Å². The van der Waals surface area contributed by atoms with Crippen molar-refractivity contribution < 1.29 is 9.53 Å². The Morgan fingerprint density at radius 3 is 2.53 bits per heavy atom. The van der Waals surface area contributed by atoms with Gasteiger partial charge in [-0.05, 0) is 26.0 Å². The predicted octanol–water partition coefficient (Wildman–Crippen LogP) is 1.95. The van der Waals surface area contributed by atoms with Crippen LogP contribution in [-0.4, -0.2) is 25.7 Å². The molecule has 1 aromatic carbocycles. The van der Waals surface area contributed by atoms with Crippen molar-refractivity contribution in [2.24, 2.45) is 0 Å². The molecule has 4 heteroatoms. The fourth-order valence-corrected chi connectivity index (χ4v) is 1.46. The molecule has 0 atom stereocenters. The summed E-state index contributed by atoms with van der Waals surface area (Å²) in [6.45, 7) is 3.39. The molecule has 1 amide bonds. The Labute approximate surface area is 101 Å². The number of ether oxygens (including phenoxy) is 1. The minimum absolute atomic E-state index is 0.192. The third-order valence-electron chi connectivity index (χ3n) is 2.72. The fraction of sp³-hybridized carbons (Fsp3) is 0.385. The average Bonchev–Trinajstić information content (AvgIpc) is 2.36. The molecule has 0 heterocycles. The van der Waals surface area contributed by atoms with Crippen molar-refractivity contribution >= 4 is 11.6 Å². The first-order chi connectivity index (χ1) is 7.94. The molecular weight excluding hydrogens is 216 g/mol. The van der Waals surface area contributed by atoms with Gasteiger partial charge >= 0.3 is 0 Å². The lowest BCUT2D eigenvalue weighted by Gasteiger charge is -2.28. The van der Waals surface area contributed by atoms with Gasteiger partial charge in [-0.3, -0.25) is 4.79 Å². The fourth-order valence-electron chi connectivity index (χ4n) is 1.46.